The molecule has 0 aliphatic carbocycles. The molecule has 0 heterocycles. The average Bonchev–Trinajstić information content (AvgIpc) is 2.16. The number of hydrogen-bond acceptors (Lipinski definition) is 3. The van der Waals surface area contributed by atoms with Crippen molar-refractivity contribution in [2.45, 2.75) is 13.3 Å². The molecular formula is C9H13O3P. The van der Waals surface area contributed by atoms with Crippen LogP contribution in [0, 0.1) is 0 Å². The summed E-state index contributed by atoms with van der Waals surface area (Å²) >= 11 is 0. The maximum absolute atomic E-state index is 11.1. The largest absolute Gasteiger partial charge is 0.426 e. The molecule has 1 aromatic carbocycles. The first-order chi connectivity index (χ1) is 6.33. The highest BCUT2D eigenvalue weighted by Gasteiger charge is 1.99. The van der Waals surface area contributed by atoms with Gasteiger partial charge in [-0.1, -0.05) is 25.1 Å². The SMILES string of the molecule is CCCO[PH](=O)Oc1ccccc1. The fraction of sp³-hybridized carbons (Fsp3) is 0.333. The van der Waals surface area contributed by atoms with E-state index in [1.54, 1.807) is 12.1 Å². The molecule has 4 heteroatoms. The summed E-state index contributed by atoms with van der Waals surface area (Å²) in [6.45, 7) is 2.43. The predicted molar refractivity (Wildman–Crippen MR) is 52.3 cm³/mol. The molecule has 3 nitrogen and oxygen atoms in total. The Bertz CT molecular complexity index is 261. The van der Waals surface area contributed by atoms with Crippen molar-refractivity contribution in [1.29, 1.82) is 0 Å². The monoisotopic (exact) mass is 200 g/mol. The van der Waals surface area contributed by atoms with E-state index in [-0.39, 0.29) is 0 Å². The second-order valence-corrected chi connectivity index (χ2v) is 3.51. The van der Waals surface area contributed by atoms with Crippen LogP contribution in [-0.4, -0.2) is 6.61 Å². The summed E-state index contributed by atoms with van der Waals surface area (Å²) in [5, 5.41) is 0. The van der Waals surface area contributed by atoms with Crippen LogP contribution >= 0.6 is 8.25 Å². The van der Waals surface area contributed by atoms with Gasteiger partial charge in [0, 0.05) is 0 Å². The van der Waals surface area contributed by atoms with Gasteiger partial charge in [0.15, 0.2) is 0 Å². The van der Waals surface area contributed by atoms with E-state index in [0.717, 1.165) is 6.42 Å². The fourth-order valence-electron chi connectivity index (χ4n) is 0.800. The summed E-state index contributed by atoms with van der Waals surface area (Å²) < 4.78 is 21.1. The molecule has 1 aromatic rings. The summed E-state index contributed by atoms with van der Waals surface area (Å²) in [7, 11) is -2.35. The molecule has 0 saturated heterocycles. The molecule has 0 saturated carbocycles. The molecular weight excluding hydrogens is 187 g/mol. The maximum atomic E-state index is 11.1. The first kappa shape index (κ1) is 10.3. The molecule has 1 unspecified atom stereocenters. The molecule has 13 heavy (non-hydrogen) atoms. The summed E-state index contributed by atoms with van der Waals surface area (Å²) in [6, 6.07) is 9.02. The second kappa shape index (κ2) is 5.79. The van der Waals surface area contributed by atoms with Crippen molar-refractivity contribution in [3.05, 3.63) is 30.3 Å². The van der Waals surface area contributed by atoms with Crippen LogP contribution in [0.2, 0.25) is 0 Å². The molecule has 0 fully saturated rings. The van der Waals surface area contributed by atoms with Crippen LogP contribution in [0.15, 0.2) is 30.3 Å². The third kappa shape index (κ3) is 4.11. The molecule has 0 aliphatic heterocycles. The average molecular weight is 200 g/mol. The minimum absolute atomic E-state index is 0.477. The summed E-state index contributed by atoms with van der Waals surface area (Å²) in [5.74, 6) is 0.586. The third-order valence-corrected chi connectivity index (χ3v) is 2.21. The van der Waals surface area contributed by atoms with Gasteiger partial charge in [-0.3, -0.25) is 0 Å². The minimum atomic E-state index is -2.35. The van der Waals surface area contributed by atoms with Gasteiger partial charge >= 0.3 is 8.25 Å². The van der Waals surface area contributed by atoms with Gasteiger partial charge in [0.05, 0.1) is 6.61 Å². The van der Waals surface area contributed by atoms with Gasteiger partial charge < -0.3 is 9.05 Å². The van der Waals surface area contributed by atoms with Gasteiger partial charge in [0.1, 0.15) is 5.75 Å². The lowest BCUT2D eigenvalue weighted by atomic mass is 10.3. The molecule has 1 rings (SSSR count). The van der Waals surface area contributed by atoms with E-state index >= 15 is 0 Å². The van der Waals surface area contributed by atoms with Crippen molar-refractivity contribution in [1.82, 2.24) is 0 Å². The molecule has 0 N–H and O–H groups in total. The van der Waals surface area contributed by atoms with Crippen LogP contribution in [0.25, 0.3) is 0 Å². The smallest absolute Gasteiger partial charge is 0.367 e. The Morgan fingerprint density at radius 1 is 1.31 bits per heavy atom. The lowest BCUT2D eigenvalue weighted by Crippen LogP contribution is -1.87. The first-order valence-corrected chi connectivity index (χ1v) is 5.45. The topological polar surface area (TPSA) is 35.5 Å². The van der Waals surface area contributed by atoms with Gasteiger partial charge in [-0.05, 0) is 18.6 Å². The molecule has 1 atom stereocenters. The van der Waals surface area contributed by atoms with Gasteiger partial charge in [0.25, 0.3) is 0 Å². The van der Waals surface area contributed by atoms with E-state index in [1.165, 1.54) is 0 Å². The van der Waals surface area contributed by atoms with E-state index < -0.39 is 8.25 Å². The molecule has 0 amide bonds. The van der Waals surface area contributed by atoms with Gasteiger partial charge in [0.2, 0.25) is 0 Å². The number of para-hydroxylation sites is 1. The Morgan fingerprint density at radius 2 is 2.00 bits per heavy atom. The standard InChI is InChI=1S/C9H13O3P/c1-2-8-11-13(10)12-9-6-4-3-5-7-9/h3-7,13H,2,8H2,1H3. The Morgan fingerprint density at radius 3 is 2.62 bits per heavy atom. The summed E-state index contributed by atoms with van der Waals surface area (Å²) in [5.41, 5.74) is 0. The van der Waals surface area contributed by atoms with Crippen LogP contribution in [0.1, 0.15) is 13.3 Å². The summed E-state index contributed by atoms with van der Waals surface area (Å²) in [4.78, 5) is 0. The normalized spacial score (nSPS) is 12.4. The zero-order valence-electron chi connectivity index (χ0n) is 7.53. The highest BCUT2D eigenvalue weighted by molar-refractivity contribution is 7.33. The first-order valence-electron chi connectivity index (χ1n) is 4.22. The highest BCUT2D eigenvalue weighted by Crippen LogP contribution is 2.27. The van der Waals surface area contributed by atoms with Gasteiger partial charge in [-0.2, -0.15) is 0 Å². The van der Waals surface area contributed by atoms with Crippen molar-refractivity contribution < 1.29 is 13.6 Å². The molecule has 0 spiro atoms. The van der Waals surface area contributed by atoms with Crippen LogP contribution in [0.3, 0.4) is 0 Å². The fourth-order valence-corrected chi connectivity index (χ4v) is 1.56. The number of rotatable bonds is 5. The van der Waals surface area contributed by atoms with Gasteiger partial charge in [-0.25, -0.2) is 4.57 Å². The molecule has 0 aliphatic rings. The summed E-state index contributed by atoms with van der Waals surface area (Å²) in [6.07, 6.45) is 0.842. The minimum Gasteiger partial charge on any atom is -0.426 e. The van der Waals surface area contributed by atoms with E-state index in [1.807, 2.05) is 25.1 Å². The van der Waals surface area contributed by atoms with Crippen molar-refractivity contribution in [3.63, 3.8) is 0 Å². The number of hydrogen-bond donors (Lipinski definition) is 0. The zero-order valence-corrected chi connectivity index (χ0v) is 8.53. The second-order valence-electron chi connectivity index (χ2n) is 2.51. The zero-order chi connectivity index (χ0) is 9.52. The third-order valence-electron chi connectivity index (χ3n) is 1.37. The molecule has 0 bridgehead atoms. The van der Waals surface area contributed by atoms with Crippen LogP contribution in [-0.2, 0) is 9.09 Å². The Hall–Kier alpha value is -0.790. The lowest BCUT2D eigenvalue weighted by molar-refractivity contribution is 0.286. The van der Waals surface area contributed by atoms with E-state index in [9.17, 15) is 4.57 Å². The van der Waals surface area contributed by atoms with E-state index in [0.29, 0.717) is 12.4 Å². The lowest BCUT2D eigenvalue weighted by Gasteiger charge is -2.04. The van der Waals surface area contributed by atoms with E-state index in [4.69, 9.17) is 9.05 Å². The quantitative estimate of drug-likeness (QED) is 0.685. The van der Waals surface area contributed by atoms with Crippen molar-refractivity contribution in [2.24, 2.45) is 0 Å². The number of benzene rings is 1. The Balaban J connectivity index is 2.37. The molecule has 72 valence electrons. The Kier molecular flexibility index (Phi) is 4.58. The van der Waals surface area contributed by atoms with Crippen molar-refractivity contribution >= 4 is 8.25 Å². The van der Waals surface area contributed by atoms with Crippen LogP contribution < -0.4 is 4.52 Å². The van der Waals surface area contributed by atoms with E-state index in [2.05, 4.69) is 0 Å². The Labute approximate surface area is 78.6 Å². The van der Waals surface area contributed by atoms with Crippen molar-refractivity contribution in [2.75, 3.05) is 6.61 Å². The maximum Gasteiger partial charge on any atom is 0.367 e. The molecule has 0 radical (unpaired) electrons. The molecule has 0 aromatic heterocycles. The highest BCUT2D eigenvalue weighted by atomic mass is 31.1. The van der Waals surface area contributed by atoms with Crippen LogP contribution in [0.4, 0.5) is 0 Å². The predicted octanol–water partition coefficient (Wildman–Crippen LogP) is 2.88. The van der Waals surface area contributed by atoms with Gasteiger partial charge in [-0.15, -0.1) is 0 Å². The van der Waals surface area contributed by atoms with Crippen molar-refractivity contribution in [3.8, 4) is 5.75 Å². The van der Waals surface area contributed by atoms with Crippen LogP contribution in [0.5, 0.6) is 5.75 Å².